The summed E-state index contributed by atoms with van der Waals surface area (Å²) in [5.41, 5.74) is 0.132. The fourth-order valence-corrected chi connectivity index (χ4v) is 2.30. The predicted molar refractivity (Wildman–Crippen MR) is 90.4 cm³/mol. The van der Waals surface area contributed by atoms with Crippen LogP contribution >= 0.6 is 0 Å². The fraction of sp³-hybridized carbons (Fsp3) is 0.176. The van der Waals surface area contributed by atoms with Crippen molar-refractivity contribution in [2.45, 2.75) is 12.8 Å². The third-order valence-electron chi connectivity index (χ3n) is 3.64. The molecular formula is C17H14F3N5O2. The molecule has 0 saturated heterocycles. The number of hydrogen-bond donors (Lipinski definition) is 0. The Morgan fingerprint density at radius 2 is 1.93 bits per heavy atom. The van der Waals surface area contributed by atoms with Crippen molar-refractivity contribution >= 4 is 6.21 Å². The molecule has 0 aliphatic rings. The van der Waals surface area contributed by atoms with Crippen LogP contribution in [0.1, 0.15) is 16.7 Å². The molecule has 0 saturated carbocycles. The number of rotatable bonds is 5. The number of alkyl halides is 3. The predicted octanol–water partition coefficient (Wildman–Crippen LogP) is 2.54. The zero-order valence-electron chi connectivity index (χ0n) is 14.1. The highest BCUT2D eigenvalue weighted by atomic mass is 19.4. The summed E-state index contributed by atoms with van der Waals surface area (Å²) in [7, 11) is 1.47. The molecule has 7 nitrogen and oxygen atoms in total. The lowest BCUT2D eigenvalue weighted by Crippen LogP contribution is -2.22. The number of aromatic nitrogens is 4. The molecule has 0 amide bonds. The van der Waals surface area contributed by atoms with E-state index in [1.165, 1.54) is 25.4 Å². The molecule has 0 unspecified atom stereocenters. The Bertz CT molecular complexity index is 1020. The van der Waals surface area contributed by atoms with Crippen LogP contribution in [0.25, 0.3) is 5.69 Å². The summed E-state index contributed by atoms with van der Waals surface area (Å²) in [5.74, 6) is 0. The van der Waals surface area contributed by atoms with Gasteiger partial charge >= 0.3 is 11.9 Å². The highest BCUT2D eigenvalue weighted by molar-refractivity contribution is 5.84. The van der Waals surface area contributed by atoms with Gasteiger partial charge in [-0.25, -0.2) is 4.79 Å². The zero-order valence-corrected chi connectivity index (χ0v) is 14.1. The number of nitrogens with zero attached hydrogens (tertiary/aromatic N) is 5. The highest BCUT2D eigenvalue weighted by Gasteiger charge is 2.30. The van der Waals surface area contributed by atoms with Crippen LogP contribution in [0.3, 0.4) is 0 Å². The summed E-state index contributed by atoms with van der Waals surface area (Å²) in [6.45, 7) is -0.131. The Kier molecular flexibility index (Phi) is 5.06. The monoisotopic (exact) mass is 377 g/mol. The lowest BCUT2D eigenvalue weighted by atomic mass is 10.1. The van der Waals surface area contributed by atoms with Crippen LogP contribution in [-0.2, 0) is 24.7 Å². The van der Waals surface area contributed by atoms with E-state index in [0.29, 0.717) is 16.8 Å². The SMILES string of the molecule is Cn1nnn(-c2ccccc2/C=N/OCc2cccc(C(F)(F)F)c2)c1=O. The van der Waals surface area contributed by atoms with Crippen molar-refractivity contribution in [2.75, 3.05) is 0 Å². The van der Waals surface area contributed by atoms with Crippen molar-refractivity contribution in [3.05, 3.63) is 75.7 Å². The minimum absolute atomic E-state index is 0.131. The van der Waals surface area contributed by atoms with Crippen molar-refractivity contribution in [1.29, 1.82) is 0 Å². The summed E-state index contributed by atoms with van der Waals surface area (Å²) in [4.78, 5) is 17.1. The molecule has 2 aromatic carbocycles. The first kappa shape index (κ1) is 18.4. The number of halogens is 3. The third kappa shape index (κ3) is 4.22. The van der Waals surface area contributed by atoms with Gasteiger partial charge in [0.05, 0.1) is 17.5 Å². The summed E-state index contributed by atoms with van der Waals surface area (Å²) in [6, 6.07) is 11.6. The second kappa shape index (κ2) is 7.44. The zero-order chi connectivity index (χ0) is 19.4. The van der Waals surface area contributed by atoms with Gasteiger partial charge in [-0.05, 0) is 34.2 Å². The third-order valence-corrected chi connectivity index (χ3v) is 3.64. The molecule has 1 heterocycles. The van der Waals surface area contributed by atoms with Crippen molar-refractivity contribution < 1.29 is 18.0 Å². The van der Waals surface area contributed by atoms with E-state index in [0.717, 1.165) is 21.5 Å². The number of benzene rings is 2. The number of tetrazole rings is 1. The molecular weight excluding hydrogens is 363 g/mol. The molecule has 140 valence electrons. The molecule has 27 heavy (non-hydrogen) atoms. The lowest BCUT2D eigenvalue weighted by molar-refractivity contribution is -0.137. The van der Waals surface area contributed by atoms with E-state index in [1.807, 2.05) is 0 Å². The van der Waals surface area contributed by atoms with Crippen LogP contribution in [0.4, 0.5) is 13.2 Å². The Hall–Kier alpha value is -3.43. The number of aryl methyl sites for hydroxylation is 1. The number of oxime groups is 1. The highest BCUT2D eigenvalue weighted by Crippen LogP contribution is 2.29. The Morgan fingerprint density at radius 3 is 2.63 bits per heavy atom. The molecule has 0 spiro atoms. The first-order valence-electron chi connectivity index (χ1n) is 7.76. The molecule has 0 aliphatic heterocycles. The second-order valence-corrected chi connectivity index (χ2v) is 5.56. The van der Waals surface area contributed by atoms with Gasteiger partial charge in [-0.1, -0.05) is 35.5 Å². The van der Waals surface area contributed by atoms with Crippen molar-refractivity contribution in [1.82, 2.24) is 19.8 Å². The maximum atomic E-state index is 12.7. The summed E-state index contributed by atoms with van der Waals surface area (Å²) >= 11 is 0. The van der Waals surface area contributed by atoms with E-state index in [-0.39, 0.29) is 6.61 Å². The molecule has 1 aromatic heterocycles. The van der Waals surface area contributed by atoms with Crippen LogP contribution in [0.2, 0.25) is 0 Å². The molecule has 0 bridgehead atoms. The van der Waals surface area contributed by atoms with Crippen LogP contribution in [0, 0.1) is 0 Å². The summed E-state index contributed by atoms with van der Waals surface area (Å²) in [6.07, 6.45) is -3.06. The lowest BCUT2D eigenvalue weighted by Gasteiger charge is -2.08. The first-order chi connectivity index (χ1) is 12.9. The largest absolute Gasteiger partial charge is 0.416 e. The Morgan fingerprint density at radius 1 is 1.15 bits per heavy atom. The normalized spacial score (nSPS) is 11.9. The molecule has 3 aromatic rings. The van der Waals surface area contributed by atoms with Gasteiger partial charge in [0.15, 0.2) is 0 Å². The summed E-state index contributed by atoms with van der Waals surface area (Å²) in [5, 5.41) is 11.2. The average molecular weight is 377 g/mol. The minimum atomic E-state index is -4.41. The van der Waals surface area contributed by atoms with Crippen molar-refractivity contribution in [2.24, 2.45) is 12.2 Å². The van der Waals surface area contributed by atoms with Crippen LogP contribution in [-0.4, -0.2) is 26.0 Å². The van der Waals surface area contributed by atoms with Gasteiger partial charge in [0.2, 0.25) is 0 Å². The molecule has 3 rings (SSSR count). The smallest absolute Gasteiger partial charge is 0.391 e. The molecule has 10 heteroatoms. The van der Waals surface area contributed by atoms with E-state index in [4.69, 9.17) is 4.84 Å². The van der Waals surface area contributed by atoms with Crippen molar-refractivity contribution in [3.63, 3.8) is 0 Å². The van der Waals surface area contributed by atoms with E-state index >= 15 is 0 Å². The van der Waals surface area contributed by atoms with Gasteiger partial charge in [-0.2, -0.15) is 22.5 Å². The Labute approximate surface area is 151 Å². The first-order valence-corrected chi connectivity index (χ1v) is 7.76. The molecule has 0 N–H and O–H groups in total. The van der Waals surface area contributed by atoms with Gasteiger partial charge in [-0.3, -0.25) is 0 Å². The summed E-state index contributed by atoms with van der Waals surface area (Å²) < 4.78 is 40.3. The molecule has 0 fully saturated rings. The standard InChI is InChI=1S/C17H14F3N5O2/c1-24-16(26)25(23-22-24)15-8-3-2-6-13(15)10-21-27-11-12-5-4-7-14(9-12)17(18,19)20/h2-10H,11H2,1H3/b21-10+. The van der Waals surface area contributed by atoms with E-state index < -0.39 is 17.4 Å². The quantitative estimate of drug-likeness (QED) is 0.506. The van der Waals surface area contributed by atoms with E-state index in [9.17, 15) is 18.0 Å². The molecule has 0 atom stereocenters. The van der Waals surface area contributed by atoms with Crippen molar-refractivity contribution in [3.8, 4) is 5.69 Å². The number of hydrogen-bond acceptors (Lipinski definition) is 5. The molecule has 0 radical (unpaired) electrons. The van der Waals surface area contributed by atoms with Gasteiger partial charge in [0.1, 0.15) is 6.61 Å². The van der Waals surface area contributed by atoms with E-state index in [2.05, 4.69) is 15.6 Å². The maximum absolute atomic E-state index is 12.7. The minimum Gasteiger partial charge on any atom is -0.391 e. The maximum Gasteiger partial charge on any atom is 0.416 e. The Balaban J connectivity index is 1.73. The van der Waals surface area contributed by atoms with Gasteiger partial charge < -0.3 is 4.84 Å². The average Bonchev–Trinajstić information content (AvgIpc) is 2.98. The van der Waals surface area contributed by atoms with Crippen LogP contribution in [0.5, 0.6) is 0 Å². The second-order valence-electron chi connectivity index (χ2n) is 5.56. The number of para-hydroxylation sites is 1. The van der Waals surface area contributed by atoms with Gasteiger partial charge in [-0.15, -0.1) is 0 Å². The van der Waals surface area contributed by atoms with E-state index in [1.54, 1.807) is 24.3 Å². The van der Waals surface area contributed by atoms with Crippen LogP contribution in [0.15, 0.2) is 58.5 Å². The van der Waals surface area contributed by atoms with Gasteiger partial charge in [0, 0.05) is 12.6 Å². The van der Waals surface area contributed by atoms with Crippen LogP contribution < -0.4 is 5.69 Å². The molecule has 0 aliphatic carbocycles. The van der Waals surface area contributed by atoms with Gasteiger partial charge in [0.25, 0.3) is 0 Å². The topological polar surface area (TPSA) is 74.3 Å². The fourth-order valence-electron chi connectivity index (χ4n) is 2.30.